The van der Waals surface area contributed by atoms with Gasteiger partial charge in [0.15, 0.2) is 0 Å². The van der Waals surface area contributed by atoms with Gasteiger partial charge in [-0.2, -0.15) is 0 Å². The molecule has 84 valence electrons. The zero-order valence-electron chi connectivity index (χ0n) is 9.58. The van der Waals surface area contributed by atoms with E-state index in [4.69, 9.17) is 6.42 Å². The van der Waals surface area contributed by atoms with Crippen molar-refractivity contribution in [1.82, 2.24) is 5.32 Å². The maximum atomic E-state index is 11.5. The molecule has 0 aromatic heterocycles. The van der Waals surface area contributed by atoms with Gasteiger partial charge < -0.3 is 10.6 Å². The summed E-state index contributed by atoms with van der Waals surface area (Å²) in [6.07, 6.45) is 5.97. The largest absolute Gasteiger partial charge is 0.324 e. The quantitative estimate of drug-likeness (QED) is 0.749. The number of rotatable bonds is 3. The molecule has 0 aliphatic carbocycles. The van der Waals surface area contributed by atoms with Crippen LogP contribution in [0.2, 0.25) is 0 Å². The summed E-state index contributed by atoms with van der Waals surface area (Å²) in [5, 5.41) is 5.42. The molecule has 3 heteroatoms. The number of terminal acetylenes is 1. The molecular formula is C13H16N2O. The molecule has 0 bridgehead atoms. The van der Waals surface area contributed by atoms with E-state index in [0.29, 0.717) is 0 Å². The van der Waals surface area contributed by atoms with E-state index in [-0.39, 0.29) is 12.1 Å². The lowest BCUT2D eigenvalue weighted by Gasteiger charge is -2.11. The van der Waals surface area contributed by atoms with Crippen molar-refractivity contribution in [1.29, 1.82) is 0 Å². The first-order valence-corrected chi connectivity index (χ1v) is 5.26. The highest BCUT2D eigenvalue weighted by Gasteiger charge is 2.06. The van der Waals surface area contributed by atoms with Gasteiger partial charge in [-0.3, -0.25) is 0 Å². The Kier molecular flexibility index (Phi) is 4.41. The summed E-state index contributed by atoms with van der Waals surface area (Å²) in [4.78, 5) is 11.5. The minimum Gasteiger partial charge on any atom is -0.324 e. The third kappa shape index (κ3) is 3.66. The molecule has 0 radical (unpaired) electrons. The number of nitrogens with one attached hydrogen (secondary N) is 2. The number of amides is 2. The normalized spacial score (nSPS) is 11.3. The van der Waals surface area contributed by atoms with Crippen LogP contribution in [0, 0.1) is 19.3 Å². The number of hydrogen-bond donors (Lipinski definition) is 2. The zero-order chi connectivity index (χ0) is 12.0. The predicted molar refractivity (Wildman–Crippen MR) is 66.2 cm³/mol. The fourth-order valence-electron chi connectivity index (χ4n) is 1.22. The number of benzene rings is 1. The Morgan fingerprint density at radius 1 is 1.44 bits per heavy atom. The summed E-state index contributed by atoms with van der Waals surface area (Å²) < 4.78 is 0. The predicted octanol–water partition coefficient (Wildman–Crippen LogP) is 2.53. The van der Waals surface area contributed by atoms with Crippen molar-refractivity contribution in [3.8, 4) is 12.3 Å². The van der Waals surface area contributed by atoms with Crippen molar-refractivity contribution in [2.24, 2.45) is 0 Å². The van der Waals surface area contributed by atoms with E-state index in [0.717, 1.165) is 17.7 Å². The second-order valence-corrected chi connectivity index (χ2v) is 3.59. The van der Waals surface area contributed by atoms with Crippen molar-refractivity contribution in [2.75, 3.05) is 5.32 Å². The Morgan fingerprint density at radius 3 is 2.56 bits per heavy atom. The summed E-state index contributed by atoms with van der Waals surface area (Å²) in [5.74, 6) is 2.51. The van der Waals surface area contributed by atoms with Crippen LogP contribution >= 0.6 is 0 Å². The highest BCUT2D eigenvalue weighted by Crippen LogP contribution is 2.08. The molecule has 1 unspecified atom stereocenters. The van der Waals surface area contributed by atoms with Crippen molar-refractivity contribution < 1.29 is 4.79 Å². The number of anilines is 1. The highest BCUT2D eigenvalue weighted by atomic mass is 16.2. The summed E-state index contributed by atoms with van der Waals surface area (Å²) in [5.41, 5.74) is 1.91. The van der Waals surface area contributed by atoms with E-state index < -0.39 is 0 Å². The molecule has 0 aliphatic rings. The summed E-state index contributed by atoms with van der Waals surface area (Å²) in [6, 6.07) is 7.10. The molecule has 0 saturated heterocycles. The molecule has 0 saturated carbocycles. The van der Waals surface area contributed by atoms with Gasteiger partial charge in [-0.15, -0.1) is 6.42 Å². The van der Waals surface area contributed by atoms with Gasteiger partial charge in [0.25, 0.3) is 0 Å². The van der Waals surface area contributed by atoms with Gasteiger partial charge in [0, 0.05) is 5.69 Å². The van der Waals surface area contributed by atoms with Crippen LogP contribution in [-0.2, 0) is 0 Å². The second-order valence-electron chi connectivity index (χ2n) is 3.59. The van der Waals surface area contributed by atoms with E-state index in [1.54, 1.807) is 0 Å². The minimum atomic E-state index is -0.270. The van der Waals surface area contributed by atoms with Crippen LogP contribution in [0.5, 0.6) is 0 Å². The molecular weight excluding hydrogens is 200 g/mol. The van der Waals surface area contributed by atoms with Gasteiger partial charge >= 0.3 is 6.03 Å². The summed E-state index contributed by atoms with van der Waals surface area (Å²) in [7, 11) is 0. The summed E-state index contributed by atoms with van der Waals surface area (Å²) >= 11 is 0. The molecule has 0 fully saturated rings. The number of carbonyl (C=O) groups excluding carboxylic acids is 1. The van der Waals surface area contributed by atoms with Crippen LogP contribution in [0.25, 0.3) is 0 Å². The maximum Gasteiger partial charge on any atom is 0.320 e. The lowest BCUT2D eigenvalue weighted by molar-refractivity contribution is 0.250. The first-order valence-electron chi connectivity index (χ1n) is 5.26. The lowest BCUT2D eigenvalue weighted by Crippen LogP contribution is -2.36. The summed E-state index contributed by atoms with van der Waals surface area (Å²) in [6.45, 7) is 3.92. The first-order chi connectivity index (χ1) is 7.65. The fourth-order valence-corrected chi connectivity index (χ4v) is 1.22. The molecule has 3 nitrogen and oxygen atoms in total. The number of urea groups is 1. The Morgan fingerprint density at radius 2 is 2.06 bits per heavy atom. The van der Waals surface area contributed by atoms with E-state index in [1.807, 2.05) is 38.1 Å². The monoisotopic (exact) mass is 216 g/mol. The van der Waals surface area contributed by atoms with Gasteiger partial charge in [0.1, 0.15) is 0 Å². The van der Waals surface area contributed by atoms with Crippen LogP contribution in [0.3, 0.4) is 0 Å². The second kappa shape index (κ2) is 5.82. The van der Waals surface area contributed by atoms with Crippen LogP contribution < -0.4 is 10.6 Å². The molecule has 2 amide bonds. The van der Waals surface area contributed by atoms with Crippen molar-refractivity contribution in [3.05, 3.63) is 29.8 Å². The third-order valence-corrected chi connectivity index (χ3v) is 2.22. The van der Waals surface area contributed by atoms with Crippen LogP contribution in [0.1, 0.15) is 18.9 Å². The molecule has 1 aromatic rings. The van der Waals surface area contributed by atoms with Gasteiger partial charge in [-0.1, -0.05) is 30.5 Å². The standard InChI is InChI=1S/C13H16N2O/c1-4-11(5-2)14-13(16)15-12-8-6-10(3)7-9-12/h1,6-9,11H,5H2,2-3H3,(H2,14,15,16). The van der Waals surface area contributed by atoms with Crippen molar-refractivity contribution in [3.63, 3.8) is 0 Å². The number of aryl methyl sites for hydroxylation is 1. The van der Waals surface area contributed by atoms with E-state index in [9.17, 15) is 4.79 Å². The van der Waals surface area contributed by atoms with Gasteiger partial charge in [0.05, 0.1) is 6.04 Å². The lowest BCUT2D eigenvalue weighted by atomic mass is 10.2. The minimum absolute atomic E-state index is 0.217. The maximum absolute atomic E-state index is 11.5. The van der Waals surface area contributed by atoms with Crippen molar-refractivity contribution in [2.45, 2.75) is 26.3 Å². The third-order valence-electron chi connectivity index (χ3n) is 2.22. The van der Waals surface area contributed by atoms with E-state index >= 15 is 0 Å². The topological polar surface area (TPSA) is 41.1 Å². The van der Waals surface area contributed by atoms with Gasteiger partial charge in [-0.25, -0.2) is 4.79 Å². The van der Waals surface area contributed by atoms with Crippen LogP contribution in [0.4, 0.5) is 10.5 Å². The fraction of sp³-hybridized carbons (Fsp3) is 0.308. The molecule has 2 N–H and O–H groups in total. The molecule has 16 heavy (non-hydrogen) atoms. The average molecular weight is 216 g/mol. The Hall–Kier alpha value is -1.95. The number of hydrogen-bond acceptors (Lipinski definition) is 1. The molecule has 0 heterocycles. The van der Waals surface area contributed by atoms with E-state index in [1.165, 1.54) is 0 Å². The first kappa shape index (κ1) is 12.1. The van der Waals surface area contributed by atoms with E-state index in [2.05, 4.69) is 16.6 Å². The molecule has 1 aromatic carbocycles. The number of carbonyl (C=O) groups is 1. The van der Waals surface area contributed by atoms with Crippen LogP contribution in [-0.4, -0.2) is 12.1 Å². The van der Waals surface area contributed by atoms with Crippen LogP contribution in [0.15, 0.2) is 24.3 Å². The highest BCUT2D eigenvalue weighted by molar-refractivity contribution is 5.89. The zero-order valence-corrected chi connectivity index (χ0v) is 9.58. The molecule has 1 rings (SSSR count). The Labute approximate surface area is 96.2 Å². The Balaban J connectivity index is 2.52. The molecule has 0 aliphatic heterocycles. The van der Waals surface area contributed by atoms with Gasteiger partial charge in [0.2, 0.25) is 0 Å². The SMILES string of the molecule is C#CC(CC)NC(=O)Nc1ccc(C)cc1. The van der Waals surface area contributed by atoms with Gasteiger partial charge in [-0.05, 0) is 25.5 Å². The average Bonchev–Trinajstić information content (AvgIpc) is 2.29. The molecule has 0 spiro atoms. The Bertz CT molecular complexity index is 389. The smallest absolute Gasteiger partial charge is 0.320 e. The molecule has 1 atom stereocenters. The van der Waals surface area contributed by atoms with Crippen molar-refractivity contribution >= 4 is 11.7 Å².